The van der Waals surface area contributed by atoms with Gasteiger partial charge in [0.2, 0.25) is 0 Å². The third-order valence-electron chi connectivity index (χ3n) is 2.42. The summed E-state index contributed by atoms with van der Waals surface area (Å²) in [4.78, 5) is 12.0. The van der Waals surface area contributed by atoms with Crippen molar-refractivity contribution in [3.05, 3.63) is 38.0 Å². The molecule has 2 rings (SSSR count). The monoisotopic (exact) mass is 362 g/mol. The maximum Gasteiger partial charge on any atom is 0.277 e. The normalized spacial score (nSPS) is 10.5. The van der Waals surface area contributed by atoms with Gasteiger partial charge < -0.3 is 11.1 Å². The van der Waals surface area contributed by atoms with Gasteiger partial charge in [0.1, 0.15) is 0 Å². The molecule has 0 fully saturated rings. The van der Waals surface area contributed by atoms with Crippen molar-refractivity contribution in [1.29, 1.82) is 0 Å². The van der Waals surface area contributed by atoms with Crippen LogP contribution in [0.4, 0.5) is 11.4 Å². The fourth-order valence-corrected chi connectivity index (χ4v) is 2.26. The van der Waals surface area contributed by atoms with Crippen LogP contribution in [0.5, 0.6) is 0 Å². The number of carbonyl (C=O) groups is 1. The van der Waals surface area contributed by atoms with Crippen LogP contribution in [0, 0.1) is 6.92 Å². The van der Waals surface area contributed by atoms with E-state index in [-0.39, 0.29) is 27.3 Å². The van der Waals surface area contributed by atoms with E-state index in [1.54, 1.807) is 6.92 Å². The van der Waals surface area contributed by atoms with Crippen molar-refractivity contribution < 1.29 is 4.79 Å². The van der Waals surface area contributed by atoms with Crippen LogP contribution in [-0.2, 0) is 0 Å². The Morgan fingerprint density at radius 2 is 2.00 bits per heavy atom. The van der Waals surface area contributed by atoms with Gasteiger partial charge in [-0.05, 0) is 35.0 Å². The molecule has 4 N–H and O–H groups in total. The molecule has 2 aromatic rings. The number of H-pyrrole nitrogens is 1. The van der Waals surface area contributed by atoms with Gasteiger partial charge in [-0.15, -0.1) is 0 Å². The number of carbonyl (C=O) groups excluding carboxylic acids is 1. The number of nitrogen functional groups attached to an aromatic ring is 1. The average molecular weight is 364 g/mol. The van der Waals surface area contributed by atoms with E-state index in [1.165, 1.54) is 12.1 Å². The molecular formula is C11H9BrCl2N4O. The summed E-state index contributed by atoms with van der Waals surface area (Å²) in [6, 6.07) is 3.04. The Balaban J connectivity index is 2.27. The number of anilines is 2. The van der Waals surface area contributed by atoms with Crippen LogP contribution in [0.15, 0.2) is 16.6 Å². The molecule has 0 saturated heterocycles. The minimum Gasteiger partial charge on any atom is -0.396 e. The van der Waals surface area contributed by atoms with Crippen LogP contribution in [0.2, 0.25) is 10.0 Å². The number of nitrogens with one attached hydrogen (secondary N) is 2. The lowest BCUT2D eigenvalue weighted by molar-refractivity contribution is 0.102. The number of rotatable bonds is 2. The SMILES string of the molecule is Cc1[nH]nc(C(=O)Nc2cc(Cl)c(N)c(Cl)c2)c1Br. The standard InChI is InChI=1S/C11H9BrCl2N4O/c1-4-8(12)10(18-17-4)11(19)16-5-2-6(13)9(15)7(14)3-5/h2-3H,15H2,1H3,(H,16,19)(H,17,18). The summed E-state index contributed by atoms with van der Waals surface area (Å²) >= 11 is 15.1. The Morgan fingerprint density at radius 3 is 2.47 bits per heavy atom. The summed E-state index contributed by atoms with van der Waals surface area (Å²) in [5.41, 5.74) is 7.35. The first-order chi connectivity index (χ1) is 8.90. The number of aromatic amines is 1. The van der Waals surface area contributed by atoms with E-state index in [0.29, 0.717) is 10.2 Å². The van der Waals surface area contributed by atoms with Crippen LogP contribution < -0.4 is 11.1 Å². The van der Waals surface area contributed by atoms with E-state index in [1.807, 2.05) is 0 Å². The second-order valence-corrected chi connectivity index (χ2v) is 5.43. The minimum atomic E-state index is -0.381. The average Bonchev–Trinajstić information content (AvgIpc) is 2.67. The number of hydrogen-bond donors (Lipinski definition) is 3. The second-order valence-electron chi connectivity index (χ2n) is 3.82. The van der Waals surface area contributed by atoms with Crippen LogP contribution in [0.3, 0.4) is 0 Å². The summed E-state index contributed by atoms with van der Waals surface area (Å²) in [6.07, 6.45) is 0. The van der Waals surface area contributed by atoms with E-state index < -0.39 is 0 Å². The highest BCUT2D eigenvalue weighted by Crippen LogP contribution is 2.31. The van der Waals surface area contributed by atoms with Crippen molar-refractivity contribution >= 4 is 56.4 Å². The smallest absolute Gasteiger partial charge is 0.277 e. The molecule has 0 unspecified atom stereocenters. The second kappa shape index (κ2) is 5.40. The molecule has 5 nitrogen and oxygen atoms in total. The molecule has 0 atom stereocenters. The highest BCUT2D eigenvalue weighted by atomic mass is 79.9. The maximum atomic E-state index is 12.0. The van der Waals surface area contributed by atoms with Gasteiger partial charge in [-0.3, -0.25) is 9.89 Å². The van der Waals surface area contributed by atoms with Crippen molar-refractivity contribution in [2.24, 2.45) is 0 Å². The van der Waals surface area contributed by atoms with Crippen LogP contribution >= 0.6 is 39.1 Å². The summed E-state index contributed by atoms with van der Waals surface area (Å²) in [7, 11) is 0. The van der Waals surface area contributed by atoms with E-state index >= 15 is 0 Å². The summed E-state index contributed by atoms with van der Waals surface area (Å²) in [6.45, 7) is 1.80. The quantitative estimate of drug-likeness (QED) is 0.712. The summed E-state index contributed by atoms with van der Waals surface area (Å²) < 4.78 is 0.609. The Hall–Kier alpha value is -1.24. The lowest BCUT2D eigenvalue weighted by atomic mass is 10.2. The van der Waals surface area contributed by atoms with Crippen LogP contribution in [-0.4, -0.2) is 16.1 Å². The van der Waals surface area contributed by atoms with E-state index in [4.69, 9.17) is 28.9 Å². The number of hydrogen-bond acceptors (Lipinski definition) is 3. The van der Waals surface area contributed by atoms with Gasteiger partial charge in [0, 0.05) is 11.4 Å². The molecule has 0 aliphatic carbocycles. The summed E-state index contributed by atoms with van der Waals surface area (Å²) in [5, 5.41) is 9.81. The largest absolute Gasteiger partial charge is 0.396 e. The molecule has 1 aromatic carbocycles. The fraction of sp³-hybridized carbons (Fsp3) is 0.0909. The Bertz CT molecular complexity index is 633. The molecular weight excluding hydrogens is 355 g/mol. The number of nitrogens with zero attached hydrogens (tertiary/aromatic N) is 1. The van der Waals surface area contributed by atoms with Gasteiger partial charge in [0.05, 0.1) is 20.2 Å². The van der Waals surface area contributed by atoms with Gasteiger partial charge >= 0.3 is 0 Å². The van der Waals surface area contributed by atoms with Gasteiger partial charge in [0.15, 0.2) is 5.69 Å². The van der Waals surface area contributed by atoms with Crippen LogP contribution in [0.25, 0.3) is 0 Å². The zero-order chi connectivity index (χ0) is 14.2. The highest BCUT2D eigenvalue weighted by molar-refractivity contribution is 9.10. The van der Waals surface area contributed by atoms with Gasteiger partial charge in [-0.1, -0.05) is 23.2 Å². The van der Waals surface area contributed by atoms with Crippen LogP contribution in [0.1, 0.15) is 16.2 Å². The van der Waals surface area contributed by atoms with Crippen molar-refractivity contribution in [3.63, 3.8) is 0 Å². The predicted octanol–water partition coefficient (Wildman–Crippen LogP) is 3.62. The van der Waals surface area contributed by atoms with Gasteiger partial charge in [0.25, 0.3) is 5.91 Å². The molecule has 1 heterocycles. The lowest BCUT2D eigenvalue weighted by Crippen LogP contribution is -2.13. The molecule has 0 saturated carbocycles. The number of benzene rings is 1. The molecule has 0 bridgehead atoms. The van der Waals surface area contributed by atoms with E-state index in [9.17, 15) is 4.79 Å². The van der Waals surface area contributed by atoms with Crippen molar-refractivity contribution in [1.82, 2.24) is 10.2 Å². The van der Waals surface area contributed by atoms with Crippen molar-refractivity contribution in [2.75, 3.05) is 11.1 Å². The molecule has 8 heteroatoms. The predicted molar refractivity (Wildman–Crippen MR) is 79.9 cm³/mol. The first kappa shape index (κ1) is 14.2. The molecule has 1 aromatic heterocycles. The van der Waals surface area contributed by atoms with Gasteiger partial charge in [-0.2, -0.15) is 5.10 Å². The van der Waals surface area contributed by atoms with Gasteiger partial charge in [-0.25, -0.2) is 0 Å². The molecule has 0 aliphatic heterocycles. The molecule has 19 heavy (non-hydrogen) atoms. The van der Waals surface area contributed by atoms with Crippen molar-refractivity contribution in [3.8, 4) is 0 Å². The number of nitrogens with two attached hydrogens (primary N) is 1. The molecule has 0 radical (unpaired) electrons. The fourth-order valence-electron chi connectivity index (χ4n) is 1.41. The Morgan fingerprint density at radius 1 is 1.42 bits per heavy atom. The highest BCUT2D eigenvalue weighted by Gasteiger charge is 2.16. The number of aryl methyl sites for hydroxylation is 1. The Kier molecular flexibility index (Phi) is 4.03. The topological polar surface area (TPSA) is 83.8 Å². The first-order valence-corrected chi connectivity index (χ1v) is 6.71. The molecule has 0 aliphatic rings. The lowest BCUT2D eigenvalue weighted by Gasteiger charge is -2.07. The molecule has 0 spiro atoms. The van der Waals surface area contributed by atoms with E-state index in [2.05, 4.69) is 31.4 Å². The third kappa shape index (κ3) is 2.86. The summed E-state index contributed by atoms with van der Waals surface area (Å²) in [5.74, 6) is -0.381. The molecule has 100 valence electrons. The molecule has 1 amide bonds. The number of aromatic nitrogens is 2. The number of amides is 1. The zero-order valence-corrected chi connectivity index (χ0v) is 12.8. The van der Waals surface area contributed by atoms with E-state index in [0.717, 1.165) is 5.69 Å². The zero-order valence-electron chi connectivity index (χ0n) is 9.72. The Labute approximate surface area is 127 Å². The first-order valence-electron chi connectivity index (χ1n) is 5.16. The van der Waals surface area contributed by atoms with Crippen molar-refractivity contribution in [2.45, 2.75) is 6.92 Å². The number of halogens is 3. The minimum absolute atomic E-state index is 0.251. The third-order valence-corrected chi connectivity index (χ3v) is 4.02. The maximum absolute atomic E-state index is 12.0.